The van der Waals surface area contributed by atoms with E-state index in [9.17, 15) is 4.79 Å². The molecule has 78 valence electrons. The van der Waals surface area contributed by atoms with Crippen molar-refractivity contribution in [3.63, 3.8) is 0 Å². The highest BCUT2D eigenvalue weighted by molar-refractivity contribution is 6.04. The lowest BCUT2D eigenvalue weighted by atomic mass is 10.2. The smallest absolute Gasteiger partial charge is 0.250 e. The molecule has 0 radical (unpaired) electrons. The lowest BCUT2D eigenvalue weighted by molar-refractivity contribution is 0.100. The number of primary amides is 1. The van der Waals surface area contributed by atoms with Crippen molar-refractivity contribution < 1.29 is 4.79 Å². The van der Waals surface area contributed by atoms with E-state index in [1.165, 1.54) is 0 Å². The number of carbonyl (C=O) groups is 1. The van der Waals surface area contributed by atoms with Gasteiger partial charge in [0.15, 0.2) is 0 Å². The summed E-state index contributed by atoms with van der Waals surface area (Å²) >= 11 is 0. The maximum atomic E-state index is 11.3. The van der Waals surface area contributed by atoms with Crippen LogP contribution in [0.25, 0.3) is 16.7 Å². The van der Waals surface area contributed by atoms with Gasteiger partial charge in [0, 0.05) is 6.20 Å². The number of nitrogens with zero attached hydrogens (tertiary/aromatic N) is 2. The molecule has 16 heavy (non-hydrogen) atoms. The molecule has 0 saturated carbocycles. The third-order valence-corrected chi connectivity index (χ3v) is 2.60. The van der Waals surface area contributed by atoms with Gasteiger partial charge in [0.2, 0.25) is 0 Å². The topological polar surface area (TPSA) is 60.4 Å². The zero-order valence-electron chi connectivity index (χ0n) is 8.42. The third kappa shape index (κ3) is 1.10. The molecule has 0 aliphatic rings. The van der Waals surface area contributed by atoms with Crippen molar-refractivity contribution in [1.29, 1.82) is 0 Å². The summed E-state index contributed by atoms with van der Waals surface area (Å²) in [6.07, 6.45) is 1.91. The zero-order chi connectivity index (χ0) is 11.1. The minimum Gasteiger partial charge on any atom is -0.366 e. The largest absolute Gasteiger partial charge is 0.366 e. The monoisotopic (exact) mass is 211 g/mol. The molecule has 4 nitrogen and oxygen atoms in total. The van der Waals surface area contributed by atoms with Gasteiger partial charge in [-0.2, -0.15) is 0 Å². The number of amides is 1. The number of para-hydroxylation sites is 1. The van der Waals surface area contributed by atoms with Crippen LogP contribution in [0.2, 0.25) is 0 Å². The summed E-state index contributed by atoms with van der Waals surface area (Å²) in [4.78, 5) is 15.7. The van der Waals surface area contributed by atoms with Crippen molar-refractivity contribution in [1.82, 2.24) is 9.38 Å². The van der Waals surface area contributed by atoms with Gasteiger partial charge in [0.05, 0.1) is 11.1 Å². The Bertz CT molecular complexity index is 700. The summed E-state index contributed by atoms with van der Waals surface area (Å²) in [5, 5.41) is 0. The molecule has 0 unspecified atom stereocenters. The fraction of sp³-hybridized carbons (Fsp3) is 0. The van der Waals surface area contributed by atoms with Gasteiger partial charge >= 0.3 is 0 Å². The van der Waals surface area contributed by atoms with Gasteiger partial charge in [-0.05, 0) is 24.3 Å². The van der Waals surface area contributed by atoms with Crippen LogP contribution < -0.4 is 5.73 Å². The van der Waals surface area contributed by atoms with Crippen LogP contribution in [0, 0.1) is 0 Å². The number of nitrogens with two attached hydrogens (primary N) is 1. The van der Waals surface area contributed by atoms with Crippen LogP contribution in [0.15, 0.2) is 42.6 Å². The van der Waals surface area contributed by atoms with Crippen LogP contribution >= 0.6 is 0 Å². The van der Waals surface area contributed by atoms with Crippen LogP contribution in [0.4, 0.5) is 0 Å². The lowest BCUT2D eigenvalue weighted by Gasteiger charge is -1.96. The molecule has 0 spiro atoms. The number of pyridine rings is 1. The summed E-state index contributed by atoms with van der Waals surface area (Å²) in [7, 11) is 0. The summed E-state index contributed by atoms with van der Waals surface area (Å²) in [6.45, 7) is 0. The van der Waals surface area contributed by atoms with Crippen molar-refractivity contribution in [3.05, 3.63) is 48.2 Å². The van der Waals surface area contributed by atoms with E-state index in [0.29, 0.717) is 11.1 Å². The molecule has 2 heterocycles. The first kappa shape index (κ1) is 8.91. The van der Waals surface area contributed by atoms with Crippen LogP contribution in [-0.4, -0.2) is 15.3 Å². The molecule has 0 bridgehead atoms. The van der Waals surface area contributed by atoms with E-state index in [4.69, 9.17) is 5.73 Å². The van der Waals surface area contributed by atoms with Crippen LogP contribution in [0.5, 0.6) is 0 Å². The molecular formula is C12H9N3O. The Kier molecular flexibility index (Phi) is 1.71. The first-order valence-corrected chi connectivity index (χ1v) is 4.93. The number of aromatic nitrogens is 2. The second-order valence-electron chi connectivity index (χ2n) is 3.58. The summed E-state index contributed by atoms with van der Waals surface area (Å²) in [5.41, 5.74) is 8.13. The highest BCUT2D eigenvalue weighted by Crippen LogP contribution is 2.19. The molecule has 2 aromatic heterocycles. The standard InChI is InChI=1S/C12H9N3O/c13-12(16)8-4-3-5-9-11(8)14-10-6-1-2-7-15(9)10/h1-7H,(H2,13,16). The second-order valence-corrected chi connectivity index (χ2v) is 3.58. The first-order valence-electron chi connectivity index (χ1n) is 4.93. The van der Waals surface area contributed by atoms with Crippen LogP contribution in [0.3, 0.4) is 0 Å². The van der Waals surface area contributed by atoms with Crippen molar-refractivity contribution in [3.8, 4) is 0 Å². The average Bonchev–Trinajstić information content (AvgIpc) is 2.67. The minimum atomic E-state index is -0.450. The summed E-state index contributed by atoms with van der Waals surface area (Å²) in [6, 6.07) is 11.1. The van der Waals surface area contributed by atoms with E-state index in [2.05, 4.69) is 4.98 Å². The quantitative estimate of drug-likeness (QED) is 0.664. The van der Waals surface area contributed by atoms with E-state index < -0.39 is 5.91 Å². The molecule has 3 rings (SSSR count). The average molecular weight is 211 g/mol. The molecule has 1 aromatic carbocycles. The predicted molar refractivity (Wildman–Crippen MR) is 61.2 cm³/mol. The van der Waals surface area contributed by atoms with Crippen LogP contribution in [0.1, 0.15) is 10.4 Å². The number of carbonyl (C=O) groups excluding carboxylic acids is 1. The van der Waals surface area contributed by atoms with E-state index >= 15 is 0 Å². The fourth-order valence-corrected chi connectivity index (χ4v) is 1.89. The van der Waals surface area contributed by atoms with Gasteiger partial charge in [-0.3, -0.25) is 9.20 Å². The van der Waals surface area contributed by atoms with Gasteiger partial charge < -0.3 is 5.73 Å². The maximum Gasteiger partial charge on any atom is 0.250 e. The lowest BCUT2D eigenvalue weighted by Crippen LogP contribution is -2.11. The SMILES string of the molecule is NC(=O)c1cccc2c1nc1ccccn12. The predicted octanol–water partition coefficient (Wildman–Crippen LogP) is 1.59. The fourth-order valence-electron chi connectivity index (χ4n) is 1.89. The molecule has 2 N–H and O–H groups in total. The van der Waals surface area contributed by atoms with Gasteiger partial charge in [0.25, 0.3) is 5.91 Å². The second kappa shape index (κ2) is 3.06. The van der Waals surface area contributed by atoms with Gasteiger partial charge in [0.1, 0.15) is 11.2 Å². The molecule has 0 saturated heterocycles. The summed E-state index contributed by atoms with van der Waals surface area (Å²) < 4.78 is 1.93. The van der Waals surface area contributed by atoms with E-state index in [1.54, 1.807) is 6.07 Å². The molecule has 4 heteroatoms. The van der Waals surface area contributed by atoms with E-state index in [1.807, 2.05) is 40.9 Å². The van der Waals surface area contributed by atoms with Crippen molar-refractivity contribution in [2.75, 3.05) is 0 Å². The molecule has 0 atom stereocenters. The third-order valence-electron chi connectivity index (χ3n) is 2.60. The molecular weight excluding hydrogens is 202 g/mol. The molecule has 0 fully saturated rings. The highest BCUT2D eigenvalue weighted by Gasteiger charge is 2.10. The summed E-state index contributed by atoms with van der Waals surface area (Å²) in [5.74, 6) is -0.450. The molecule has 0 aliphatic carbocycles. The minimum absolute atomic E-state index is 0.450. The Labute approximate surface area is 91.3 Å². The number of rotatable bonds is 1. The highest BCUT2D eigenvalue weighted by atomic mass is 16.1. The van der Waals surface area contributed by atoms with Gasteiger partial charge in [-0.1, -0.05) is 12.1 Å². The maximum absolute atomic E-state index is 11.3. The zero-order valence-corrected chi connectivity index (χ0v) is 8.42. The Morgan fingerprint density at radius 3 is 2.88 bits per heavy atom. The normalized spacial score (nSPS) is 11.0. The Morgan fingerprint density at radius 1 is 1.19 bits per heavy atom. The van der Waals surface area contributed by atoms with Crippen molar-refractivity contribution in [2.24, 2.45) is 5.73 Å². The Morgan fingerprint density at radius 2 is 2.06 bits per heavy atom. The van der Waals surface area contributed by atoms with Gasteiger partial charge in [-0.25, -0.2) is 4.98 Å². The van der Waals surface area contributed by atoms with E-state index in [-0.39, 0.29) is 0 Å². The van der Waals surface area contributed by atoms with Crippen molar-refractivity contribution in [2.45, 2.75) is 0 Å². The molecule has 0 aliphatic heterocycles. The Balaban J connectivity index is 2.54. The Hall–Kier alpha value is -2.36. The number of hydrogen-bond acceptors (Lipinski definition) is 2. The van der Waals surface area contributed by atoms with Gasteiger partial charge in [-0.15, -0.1) is 0 Å². The first-order chi connectivity index (χ1) is 7.77. The molecule has 1 amide bonds. The van der Waals surface area contributed by atoms with E-state index in [0.717, 1.165) is 11.2 Å². The number of benzene rings is 1. The number of hydrogen-bond donors (Lipinski definition) is 1. The number of fused-ring (bicyclic) bond motifs is 3. The number of imidazole rings is 1. The van der Waals surface area contributed by atoms with Crippen molar-refractivity contribution >= 4 is 22.6 Å². The molecule has 3 aromatic rings. The van der Waals surface area contributed by atoms with Crippen LogP contribution in [-0.2, 0) is 0 Å².